The number of hydrogen-bond acceptors (Lipinski definition) is 4. The smallest absolute Gasteiger partial charge is 0.237 e. The lowest BCUT2D eigenvalue weighted by molar-refractivity contribution is -0.124. The van der Waals surface area contributed by atoms with E-state index in [1.54, 1.807) is 0 Å². The van der Waals surface area contributed by atoms with Gasteiger partial charge in [0, 0.05) is 12.4 Å². The number of carbonyl (C=O) groups is 1. The first-order chi connectivity index (χ1) is 8.63. The van der Waals surface area contributed by atoms with E-state index in [1.807, 2.05) is 11.8 Å². The van der Waals surface area contributed by atoms with Gasteiger partial charge in [-0.1, -0.05) is 6.42 Å². The van der Waals surface area contributed by atoms with Crippen molar-refractivity contribution in [2.24, 2.45) is 17.4 Å². The second-order valence-electron chi connectivity index (χ2n) is 5.49. The monoisotopic (exact) mass is 272 g/mol. The molecule has 0 radical (unpaired) electrons. The van der Waals surface area contributed by atoms with E-state index in [9.17, 15) is 4.79 Å². The minimum atomic E-state index is -0.746. The van der Waals surface area contributed by atoms with Crippen molar-refractivity contribution in [3.8, 4) is 0 Å². The summed E-state index contributed by atoms with van der Waals surface area (Å²) >= 11 is 1.92. The van der Waals surface area contributed by atoms with Gasteiger partial charge < -0.3 is 16.2 Å². The van der Waals surface area contributed by atoms with Crippen molar-refractivity contribution in [2.45, 2.75) is 50.2 Å². The molecule has 1 saturated carbocycles. The lowest BCUT2D eigenvalue weighted by Crippen LogP contribution is -2.54. The van der Waals surface area contributed by atoms with Gasteiger partial charge in [-0.3, -0.25) is 4.79 Å². The third-order valence-corrected chi connectivity index (χ3v) is 5.40. The number of nitrogens with two attached hydrogens (primary N) is 2. The predicted molar refractivity (Wildman–Crippen MR) is 74.4 cm³/mol. The van der Waals surface area contributed by atoms with Gasteiger partial charge in [-0.2, -0.15) is 11.8 Å². The van der Waals surface area contributed by atoms with E-state index in [-0.39, 0.29) is 11.8 Å². The summed E-state index contributed by atoms with van der Waals surface area (Å²) in [5.41, 5.74) is 10.8. The Balaban J connectivity index is 1.67. The van der Waals surface area contributed by atoms with Gasteiger partial charge in [0.05, 0.1) is 11.6 Å². The van der Waals surface area contributed by atoms with Gasteiger partial charge in [-0.25, -0.2) is 0 Å². The van der Waals surface area contributed by atoms with Gasteiger partial charge in [0.1, 0.15) is 0 Å². The summed E-state index contributed by atoms with van der Waals surface area (Å²) in [6, 6.07) is 0. The Hall–Kier alpha value is -0.260. The summed E-state index contributed by atoms with van der Waals surface area (Å²) in [5.74, 6) is 2.07. The molecule has 1 saturated heterocycles. The SMILES string of the molecule is NC(=O)C1(N)CCCC1CCSCC1CCCO1. The molecular formula is C13H24N2O2S. The first kappa shape index (κ1) is 14.2. The van der Waals surface area contributed by atoms with E-state index in [4.69, 9.17) is 16.2 Å². The van der Waals surface area contributed by atoms with Crippen molar-refractivity contribution in [1.29, 1.82) is 0 Å². The minimum absolute atomic E-state index is 0.270. The zero-order chi connectivity index (χ0) is 13.0. The number of rotatable bonds is 6. The van der Waals surface area contributed by atoms with Crippen LogP contribution in [-0.2, 0) is 9.53 Å². The molecule has 1 aliphatic carbocycles. The molecule has 1 aliphatic heterocycles. The van der Waals surface area contributed by atoms with Crippen molar-refractivity contribution in [2.75, 3.05) is 18.1 Å². The zero-order valence-electron chi connectivity index (χ0n) is 10.9. The highest BCUT2D eigenvalue weighted by atomic mass is 32.2. The number of carbonyl (C=O) groups excluding carboxylic acids is 1. The van der Waals surface area contributed by atoms with Crippen molar-refractivity contribution < 1.29 is 9.53 Å². The Bertz CT molecular complexity index is 295. The van der Waals surface area contributed by atoms with Gasteiger partial charge in [0.25, 0.3) is 0 Å². The van der Waals surface area contributed by atoms with Gasteiger partial charge >= 0.3 is 0 Å². The zero-order valence-corrected chi connectivity index (χ0v) is 11.7. The molecule has 5 heteroatoms. The molecule has 4 N–H and O–H groups in total. The molecule has 18 heavy (non-hydrogen) atoms. The lowest BCUT2D eigenvalue weighted by atomic mass is 9.85. The molecule has 1 amide bonds. The molecule has 4 nitrogen and oxygen atoms in total. The summed E-state index contributed by atoms with van der Waals surface area (Å²) in [6.07, 6.45) is 6.65. The summed E-state index contributed by atoms with van der Waals surface area (Å²) in [6.45, 7) is 0.918. The fourth-order valence-corrected chi connectivity index (χ4v) is 4.19. The molecular weight excluding hydrogens is 248 g/mol. The molecule has 3 unspecified atom stereocenters. The average molecular weight is 272 g/mol. The highest BCUT2D eigenvalue weighted by Gasteiger charge is 2.43. The van der Waals surface area contributed by atoms with Crippen LogP contribution in [0.5, 0.6) is 0 Å². The Morgan fingerprint density at radius 1 is 1.39 bits per heavy atom. The van der Waals surface area contributed by atoms with Crippen molar-refractivity contribution in [1.82, 2.24) is 0 Å². The second kappa shape index (κ2) is 6.26. The average Bonchev–Trinajstić information content (AvgIpc) is 2.95. The Morgan fingerprint density at radius 3 is 2.89 bits per heavy atom. The van der Waals surface area contributed by atoms with Crippen LogP contribution >= 0.6 is 11.8 Å². The van der Waals surface area contributed by atoms with Gasteiger partial charge in [-0.05, 0) is 43.8 Å². The highest BCUT2D eigenvalue weighted by Crippen LogP contribution is 2.36. The molecule has 104 valence electrons. The van der Waals surface area contributed by atoms with Crippen molar-refractivity contribution in [3.63, 3.8) is 0 Å². The maximum Gasteiger partial charge on any atom is 0.237 e. The van der Waals surface area contributed by atoms with E-state index in [0.717, 1.165) is 43.8 Å². The van der Waals surface area contributed by atoms with Gasteiger partial charge in [0.15, 0.2) is 0 Å². The third kappa shape index (κ3) is 3.19. The fraction of sp³-hybridized carbons (Fsp3) is 0.923. The summed E-state index contributed by atoms with van der Waals surface area (Å²) < 4.78 is 5.58. The van der Waals surface area contributed by atoms with E-state index in [1.165, 1.54) is 12.8 Å². The number of primary amides is 1. The van der Waals surface area contributed by atoms with Crippen LogP contribution in [0.4, 0.5) is 0 Å². The predicted octanol–water partition coefficient (Wildman–Crippen LogP) is 1.27. The normalized spacial score (nSPS) is 36.1. The van der Waals surface area contributed by atoms with Crippen LogP contribution in [0.25, 0.3) is 0 Å². The Kier molecular flexibility index (Phi) is 4.92. The van der Waals surface area contributed by atoms with E-state index < -0.39 is 5.54 Å². The van der Waals surface area contributed by atoms with E-state index in [2.05, 4.69) is 0 Å². The Morgan fingerprint density at radius 2 is 2.22 bits per heavy atom. The topological polar surface area (TPSA) is 78.3 Å². The van der Waals surface area contributed by atoms with Crippen molar-refractivity contribution >= 4 is 17.7 Å². The summed E-state index contributed by atoms with van der Waals surface area (Å²) in [7, 11) is 0. The molecule has 0 spiro atoms. The summed E-state index contributed by atoms with van der Waals surface area (Å²) in [5, 5.41) is 0. The third-order valence-electron chi connectivity index (χ3n) is 4.27. The number of ether oxygens (including phenoxy) is 1. The maximum atomic E-state index is 11.4. The molecule has 3 atom stereocenters. The van der Waals surface area contributed by atoms with Crippen LogP contribution in [0.3, 0.4) is 0 Å². The minimum Gasteiger partial charge on any atom is -0.377 e. The number of hydrogen-bond donors (Lipinski definition) is 2. The Labute approximate surface area is 113 Å². The molecule has 0 aromatic heterocycles. The first-order valence-corrected chi connectivity index (χ1v) is 8.06. The molecule has 0 aromatic rings. The summed E-state index contributed by atoms with van der Waals surface area (Å²) in [4.78, 5) is 11.4. The van der Waals surface area contributed by atoms with E-state index >= 15 is 0 Å². The van der Waals surface area contributed by atoms with Crippen LogP contribution < -0.4 is 11.5 Å². The molecule has 0 aromatic carbocycles. The fourth-order valence-electron chi connectivity index (χ4n) is 3.05. The van der Waals surface area contributed by atoms with Crippen LogP contribution in [0, 0.1) is 5.92 Å². The second-order valence-corrected chi connectivity index (χ2v) is 6.64. The molecule has 2 fully saturated rings. The largest absolute Gasteiger partial charge is 0.377 e. The highest BCUT2D eigenvalue weighted by molar-refractivity contribution is 7.99. The number of thioether (sulfide) groups is 1. The maximum absolute atomic E-state index is 11.4. The molecule has 0 bridgehead atoms. The van der Waals surface area contributed by atoms with Crippen LogP contribution in [-0.4, -0.2) is 35.7 Å². The van der Waals surface area contributed by atoms with Gasteiger partial charge in [0.2, 0.25) is 5.91 Å². The first-order valence-electron chi connectivity index (χ1n) is 6.91. The standard InChI is InChI=1S/C13H24N2O2S/c14-12(16)13(15)6-1-3-10(13)5-8-18-9-11-4-2-7-17-11/h10-11H,1-9,15H2,(H2,14,16). The number of amides is 1. The van der Waals surface area contributed by atoms with Crippen molar-refractivity contribution in [3.05, 3.63) is 0 Å². The molecule has 2 aliphatic rings. The van der Waals surface area contributed by atoms with Gasteiger partial charge in [-0.15, -0.1) is 0 Å². The quantitative estimate of drug-likeness (QED) is 0.714. The van der Waals surface area contributed by atoms with E-state index in [0.29, 0.717) is 6.10 Å². The lowest BCUT2D eigenvalue weighted by Gasteiger charge is -2.27. The molecule has 1 heterocycles. The van der Waals surface area contributed by atoms with Crippen LogP contribution in [0.15, 0.2) is 0 Å². The molecule has 2 rings (SSSR count). The van der Waals surface area contributed by atoms with Crippen LogP contribution in [0.1, 0.15) is 38.5 Å². The van der Waals surface area contributed by atoms with Crippen LogP contribution in [0.2, 0.25) is 0 Å².